The lowest BCUT2D eigenvalue weighted by Gasteiger charge is -2.44. The topological polar surface area (TPSA) is 62.0 Å². The third kappa shape index (κ3) is 3.90. The fourth-order valence-electron chi connectivity index (χ4n) is 3.66. The van der Waals surface area contributed by atoms with Gasteiger partial charge < -0.3 is 20.3 Å². The van der Waals surface area contributed by atoms with E-state index in [4.69, 9.17) is 10.5 Å². The van der Waals surface area contributed by atoms with Crippen molar-refractivity contribution in [3.8, 4) is 5.75 Å². The SMILES string of the molecule is COc1cc(N2CCC(N3CC[P](C)(O)CC3)CC2)ccc1N. The molecule has 5 nitrogen and oxygen atoms in total. The van der Waals surface area contributed by atoms with E-state index in [1.54, 1.807) is 7.11 Å². The van der Waals surface area contributed by atoms with Crippen LogP contribution in [0.5, 0.6) is 5.75 Å². The standard InChI is InChI=1S/C17H29N3O2P/c1-22-17-13-15(3-4-16(17)18)19-7-5-14(6-8-19)20-9-11-23(2,21)12-10-20/h3-4,13-14,21H,5-12,18H2,1-2H3. The summed E-state index contributed by atoms with van der Waals surface area (Å²) in [6.07, 6.45) is 4.38. The maximum Gasteiger partial charge on any atom is 0.143 e. The molecule has 2 fully saturated rings. The first-order valence-electron chi connectivity index (χ1n) is 8.48. The van der Waals surface area contributed by atoms with Crippen LogP contribution in [0.4, 0.5) is 11.4 Å². The molecule has 3 N–H and O–H groups in total. The third-order valence-electron chi connectivity index (χ3n) is 5.30. The van der Waals surface area contributed by atoms with Crippen LogP contribution in [-0.4, -0.2) is 68.1 Å². The number of nitrogens with zero attached hydrogens (tertiary/aromatic N) is 2. The van der Waals surface area contributed by atoms with Gasteiger partial charge in [0.05, 0.1) is 12.8 Å². The van der Waals surface area contributed by atoms with Gasteiger partial charge in [-0.2, -0.15) is 0 Å². The highest BCUT2D eigenvalue weighted by Crippen LogP contribution is 2.52. The summed E-state index contributed by atoms with van der Waals surface area (Å²) in [5.74, 6) is 0.756. The van der Waals surface area contributed by atoms with Gasteiger partial charge in [0.2, 0.25) is 0 Å². The van der Waals surface area contributed by atoms with Crippen LogP contribution in [0, 0.1) is 0 Å². The molecule has 1 radical (unpaired) electrons. The second kappa shape index (κ2) is 6.84. The van der Waals surface area contributed by atoms with E-state index in [1.807, 2.05) is 12.1 Å². The van der Waals surface area contributed by atoms with Gasteiger partial charge in [-0.25, -0.2) is 0 Å². The molecule has 1 aromatic rings. The average Bonchev–Trinajstić information content (AvgIpc) is 2.56. The van der Waals surface area contributed by atoms with E-state index in [2.05, 4.69) is 22.5 Å². The van der Waals surface area contributed by atoms with Crippen molar-refractivity contribution in [1.29, 1.82) is 0 Å². The predicted molar refractivity (Wildman–Crippen MR) is 99.0 cm³/mol. The zero-order valence-corrected chi connectivity index (χ0v) is 15.1. The molecule has 3 rings (SSSR count). The van der Waals surface area contributed by atoms with Crippen LogP contribution in [0.25, 0.3) is 0 Å². The van der Waals surface area contributed by atoms with E-state index in [9.17, 15) is 4.89 Å². The summed E-state index contributed by atoms with van der Waals surface area (Å²) >= 11 is 0. The zero-order valence-electron chi connectivity index (χ0n) is 14.2. The van der Waals surface area contributed by atoms with Crippen LogP contribution in [0.1, 0.15) is 12.8 Å². The molecule has 0 aliphatic carbocycles. The quantitative estimate of drug-likeness (QED) is 0.653. The number of methoxy groups -OCH3 is 1. The number of nitrogen functional groups attached to an aromatic ring is 1. The van der Waals surface area contributed by atoms with E-state index in [0.29, 0.717) is 11.7 Å². The molecule has 129 valence electrons. The molecule has 2 aliphatic heterocycles. The number of hydrogen-bond donors (Lipinski definition) is 2. The van der Waals surface area contributed by atoms with Gasteiger partial charge in [-0.1, -0.05) is 0 Å². The Balaban J connectivity index is 1.56. The molecule has 0 aromatic heterocycles. The Morgan fingerprint density at radius 1 is 1.17 bits per heavy atom. The summed E-state index contributed by atoms with van der Waals surface area (Å²) in [5, 5.41) is 0. The summed E-state index contributed by atoms with van der Waals surface area (Å²) in [7, 11) is 0.0856. The van der Waals surface area contributed by atoms with Crippen molar-refractivity contribution in [2.45, 2.75) is 18.9 Å². The Labute approximate surface area is 139 Å². The molecular formula is C17H29N3O2P. The van der Waals surface area contributed by atoms with Crippen molar-refractivity contribution in [2.24, 2.45) is 0 Å². The second-order valence-electron chi connectivity index (χ2n) is 6.97. The Bertz CT molecular complexity index is 535. The van der Waals surface area contributed by atoms with Crippen LogP contribution in [0.3, 0.4) is 0 Å². The van der Waals surface area contributed by atoms with E-state index in [1.165, 1.54) is 18.5 Å². The summed E-state index contributed by atoms with van der Waals surface area (Å²) in [6, 6.07) is 6.72. The Morgan fingerprint density at radius 2 is 1.83 bits per heavy atom. The fourth-order valence-corrected chi connectivity index (χ4v) is 5.26. The van der Waals surface area contributed by atoms with Crippen LogP contribution < -0.4 is 15.4 Å². The van der Waals surface area contributed by atoms with Crippen molar-refractivity contribution >= 4 is 18.9 Å². The molecule has 2 aliphatic rings. The molecule has 0 bridgehead atoms. The summed E-state index contributed by atoms with van der Waals surface area (Å²) in [4.78, 5) is 15.2. The molecule has 0 atom stereocenters. The monoisotopic (exact) mass is 338 g/mol. The molecule has 2 saturated heterocycles. The van der Waals surface area contributed by atoms with E-state index in [0.717, 1.165) is 44.3 Å². The molecular weight excluding hydrogens is 309 g/mol. The van der Waals surface area contributed by atoms with Gasteiger partial charge in [-0.05, 0) is 51.5 Å². The Kier molecular flexibility index (Phi) is 5.00. The van der Waals surface area contributed by atoms with Crippen molar-refractivity contribution in [1.82, 2.24) is 4.90 Å². The van der Waals surface area contributed by atoms with Crippen molar-refractivity contribution in [3.63, 3.8) is 0 Å². The number of rotatable bonds is 3. The molecule has 23 heavy (non-hydrogen) atoms. The smallest absolute Gasteiger partial charge is 0.143 e. The Morgan fingerprint density at radius 3 is 2.43 bits per heavy atom. The second-order valence-corrected chi connectivity index (χ2v) is 10.5. The molecule has 6 heteroatoms. The molecule has 0 unspecified atom stereocenters. The first-order chi connectivity index (χ1) is 11.0. The summed E-state index contributed by atoms with van der Waals surface area (Å²) in [5.41, 5.74) is 7.79. The minimum absolute atomic E-state index is 0.669. The first-order valence-corrected chi connectivity index (χ1v) is 11.0. The molecule has 1 aromatic carbocycles. The number of nitrogens with two attached hydrogens (primary N) is 1. The van der Waals surface area contributed by atoms with Gasteiger partial charge in [-0.3, -0.25) is 4.90 Å². The van der Waals surface area contributed by atoms with Crippen molar-refractivity contribution in [2.75, 3.05) is 62.9 Å². The molecule has 0 spiro atoms. The highest BCUT2D eigenvalue weighted by atomic mass is 31.2. The minimum Gasteiger partial charge on any atom is -0.495 e. The van der Waals surface area contributed by atoms with Gasteiger partial charge in [0, 0.05) is 44.0 Å². The van der Waals surface area contributed by atoms with Gasteiger partial charge in [0.25, 0.3) is 0 Å². The fraction of sp³-hybridized carbons (Fsp3) is 0.647. The number of piperidine rings is 1. The van der Waals surface area contributed by atoms with Crippen molar-refractivity contribution in [3.05, 3.63) is 18.2 Å². The Hall–Kier alpha value is -1.03. The van der Waals surface area contributed by atoms with E-state index in [-0.39, 0.29) is 0 Å². The largest absolute Gasteiger partial charge is 0.495 e. The highest BCUT2D eigenvalue weighted by Gasteiger charge is 2.31. The lowest BCUT2D eigenvalue weighted by molar-refractivity contribution is 0.180. The lowest BCUT2D eigenvalue weighted by Crippen LogP contribution is -2.49. The zero-order chi connectivity index (χ0) is 16.4. The van der Waals surface area contributed by atoms with Gasteiger partial charge in [0.1, 0.15) is 5.75 Å². The van der Waals surface area contributed by atoms with Gasteiger partial charge >= 0.3 is 0 Å². The van der Waals surface area contributed by atoms with Crippen LogP contribution in [0.2, 0.25) is 0 Å². The predicted octanol–water partition coefficient (Wildman–Crippen LogP) is 2.12. The van der Waals surface area contributed by atoms with Crippen LogP contribution in [-0.2, 0) is 0 Å². The molecule has 0 saturated carbocycles. The normalized spacial score (nSPS) is 23.0. The summed E-state index contributed by atoms with van der Waals surface area (Å²) < 4.78 is 5.33. The maximum absolute atomic E-state index is 10.2. The van der Waals surface area contributed by atoms with Crippen LogP contribution >= 0.6 is 7.49 Å². The third-order valence-corrected chi connectivity index (χ3v) is 7.63. The summed E-state index contributed by atoms with van der Waals surface area (Å²) in [6.45, 7) is 6.35. The average molecular weight is 338 g/mol. The highest BCUT2D eigenvalue weighted by molar-refractivity contribution is 7.69. The number of benzene rings is 1. The lowest BCUT2D eigenvalue weighted by atomic mass is 10.0. The van der Waals surface area contributed by atoms with Gasteiger partial charge in [0.15, 0.2) is 0 Å². The van der Waals surface area contributed by atoms with E-state index >= 15 is 0 Å². The van der Waals surface area contributed by atoms with E-state index < -0.39 is 7.49 Å². The van der Waals surface area contributed by atoms with Gasteiger partial charge in [-0.15, -0.1) is 0 Å². The molecule has 0 amide bonds. The van der Waals surface area contributed by atoms with Crippen molar-refractivity contribution < 1.29 is 9.63 Å². The maximum atomic E-state index is 10.2. The number of hydrogen-bond acceptors (Lipinski definition) is 5. The first kappa shape index (κ1) is 16.8. The van der Waals surface area contributed by atoms with Crippen LogP contribution in [0.15, 0.2) is 18.2 Å². The number of ether oxygens (including phenoxy) is 1. The number of anilines is 2. The minimum atomic E-state index is -1.58. The molecule has 2 heterocycles.